The Bertz CT molecular complexity index is 570. The van der Waals surface area contributed by atoms with Crippen LogP contribution in [-0.2, 0) is 9.84 Å². The summed E-state index contributed by atoms with van der Waals surface area (Å²) >= 11 is 0. The lowest BCUT2D eigenvalue weighted by Crippen LogP contribution is -2.51. The zero-order valence-corrected chi connectivity index (χ0v) is 12.6. The Morgan fingerprint density at radius 1 is 0.909 bits per heavy atom. The van der Waals surface area contributed by atoms with Gasteiger partial charge in [-0.1, -0.05) is 17.7 Å². The quantitative estimate of drug-likeness (QED) is 0.320. The number of benzene rings is 1. The van der Waals surface area contributed by atoms with Crippen molar-refractivity contribution in [2.24, 2.45) is 0 Å². The van der Waals surface area contributed by atoms with E-state index < -0.39 is 46.3 Å². The molecular formula is C13H20O8S. The maximum Gasteiger partial charge on any atom is 0.207 e. The molecule has 8 nitrogen and oxygen atoms in total. The Kier molecular flexibility index (Phi) is 6.44. The Morgan fingerprint density at radius 3 is 1.86 bits per heavy atom. The van der Waals surface area contributed by atoms with E-state index in [4.69, 9.17) is 5.11 Å². The van der Waals surface area contributed by atoms with Crippen LogP contribution in [0.4, 0.5) is 0 Å². The third-order valence-corrected chi connectivity index (χ3v) is 5.08. The molecule has 0 heterocycles. The molecule has 0 fully saturated rings. The number of aliphatic hydroxyl groups excluding tert-OH is 6. The fourth-order valence-corrected chi connectivity index (χ4v) is 3.08. The highest BCUT2D eigenvalue weighted by Crippen LogP contribution is 2.20. The molecular weight excluding hydrogens is 316 g/mol. The van der Waals surface area contributed by atoms with Crippen LogP contribution < -0.4 is 0 Å². The second-order valence-corrected chi connectivity index (χ2v) is 7.01. The lowest BCUT2D eigenvalue weighted by Gasteiger charge is -2.28. The maximum atomic E-state index is 12.1. The first-order chi connectivity index (χ1) is 10.1. The number of rotatable bonds is 7. The van der Waals surface area contributed by atoms with Crippen LogP contribution >= 0.6 is 0 Å². The summed E-state index contributed by atoms with van der Waals surface area (Å²) in [5, 5.41) is 56.4. The van der Waals surface area contributed by atoms with Gasteiger partial charge >= 0.3 is 0 Å². The van der Waals surface area contributed by atoms with E-state index in [9.17, 15) is 34.0 Å². The van der Waals surface area contributed by atoms with Crippen LogP contribution in [0.5, 0.6) is 0 Å². The Labute approximate surface area is 127 Å². The number of hydrogen-bond acceptors (Lipinski definition) is 8. The lowest BCUT2D eigenvalue weighted by atomic mass is 10.0. The predicted molar refractivity (Wildman–Crippen MR) is 75.5 cm³/mol. The van der Waals surface area contributed by atoms with Gasteiger partial charge < -0.3 is 30.6 Å². The highest BCUT2D eigenvalue weighted by atomic mass is 32.2. The molecule has 9 heteroatoms. The van der Waals surface area contributed by atoms with E-state index in [1.807, 2.05) is 0 Å². The van der Waals surface area contributed by atoms with Crippen LogP contribution in [-0.4, -0.2) is 75.5 Å². The van der Waals surface area contributed by atoms with Gasteiger partial charge in [0.25, 0.3) is 0 Å². The predicted octanol–water partition coefficient (Wildman–Crippen LogP) is -2.48. The van der Waals surface area contributed by atoms with Gasteiger partial charge in [-0.05, 0) is 19.1 Å². The SMILES string of the molecule is Cc1ccc(S(=O)(=O)C(O)[C@@H](O)[C@@H](O)[C@H](O)[C@H](O)CO)cc1. The molecule has 126 valence electrons. The van der Waals surface area contributed by atoms with Crippen LogP contribution in [0.3, 0.4) is 0 Å². The molecule has 0 aromatic heterocycles. The Morgan fingerprint density at radius 2 is 1.41 bits per heavy atom. The molecule has 1 rings (SSSR count). The summed E-state index contributed by atoms with van der Waals surface area (Å²) in [6, 6.07) is 5.44. The average molecular weight is 336 g/mol. The second kappa shape index (κ2) is 7.47. The van der Waals surface area contributed by atoms with Gasteiger partial charge in [0.15, 0.2) is 5.44 Å². The molecule has 0 saturated heterocycles. The first-order valence-electron chi connectivity index (χ1n) is 6.44. The highest BCUT2D eigenvalue weighted by molar-refractivity contribution is 7.92. The normalized spacial score (nSPS) is 19.2. The van der Waals surface area contributed by atoms with Crippen molar-refractivity contribution in [1.29, 1.82) is 0 Å². The minimum Gasteiger partial charge on any atom is -0.394 e. The van der Waals surface area contributed by atoms with Crippen molar-refractivity contribution in [3.63, 3.8) is 0 Å². The molecule has 0 aliphatic carbocycles. The minimum atomic E-state index is -4.38. The molecule has 0 saturated carbocycles. The van der Waals surface area contributed by atoms with Crippen LogP contribution in [0.25, 0.3) is 0 Å². The number of aliphatic hydroxyl groups is 6. The van der Waals surface area contributed by atoms with E-state index in [1.165, 1.54) is 24.3 Å². The number of sulfone groups is 1. The smallest absolute Gasteiger partial charge is 0.207 e. The second-order valence-electron chi connectivity index (χ2n) is 4.97. The fraction of sp³-hybridized carbons (Fsp3) is 0.538. The number of hydrogen-bond donors (Lipinski definition) is 6. The van der Waals surface area contributed by atoms with Gasteiger partial charge in [0.05, 0.1) is 11.5 Å². The molecule has 22 heavy (non-hydrogen) atoms. The van der Waals surface area contributed by atoms with Gasteiger partial charge in [-0.3, -0.25) is 0 Å². The molecule has 1 aromatic carbocycles. The van der Waals surface area contributed by atoms with E-state index in [1.54, 1.807) is 6.92 Å². The van der Waals surface area contributed by atoms with Crippen molar-refractivity contribution in [3.05, 3.63) is 29.8 Å². The number of aryl methyl sites for hydroxylation is 1. The van der Waals surface area contributed by atoms with E-state index in [0.717, 1.165) is 5.56 Å². The van der Waals surface area contributed by atoms with Crippen molar-refractivity contribution >= 4 is 9.84 Å². The zero-order chi connectivity index (χ0) is 17.1. The van der Waals surface area contributed by atoms with Gasteiger partial charge in [0.2, 0.25) is 9.84 Å². The molecule has 0 aliphatic rings. The van der Waals surface area contributed by atoms with E-state index in [-0.39, 0.29) is 4.90 Å². The van der Waals surface area contributed by atoms with Crippen LogP contribution in [0, 0.1) is 6.92 Å². The van der Waals surface area contributed by atoms with Crippen molar-refractivity contribution in [3.8, 4) is 0 Å². The largest absolute Gasteiger partial charge is 0.394 e. The highest BCUT2D eigenvalue weighted by Gasteiger charge is 2.40. The van der Waals surface area contributed by atoms with E-state index >= 15 is 0 Å². The first kappa shape index (κ1) is 19.0. The summed E-state index contributed by atoms with van der Waals surface area (Å²) in [6.45, 7) is 0.823. The molecule has 0 spiro atoms. The lowest BCUT2D eigenvalue weighted by molar-refractivity contribution is -0.128. The van der Waals surface area contributed by atoms with Gasteiger partial charge in [-0.25, -0.2) is 8.42 Å². The Hall–Kier alpha value is -1.07. The minimum absolute atomic E-state index is 0.269. The van der Waals surface area contributed by atoms with E-state index in [0.29, 0.717) is 0 Å². The maximum absolute atomic E-state index is 12.1. The van der Waals surface area contributed by atoms with Gasteiger partial charge in [0.1, 0.15) is 24.4 Å². The summed E-state index contributed by atoms with van der Waals surface area (Å²) in [6.07, 6.45) is -8.26. The van der Waals surface area contributed by atoms with Gasteiger partial charge in [0, 0.05) is 0 Å². The summed E-state index contributed by atoms with van der Waals surface area (Å²) < 4.78 is 24.3. The zero-order valence-electron chi connectivity index (χ0n) is 11.8. The third-order valence-electron chi connectivity index (χ3n) is 3.24. The van der Waals surface area contributed by atoms with Crippen molar-refractivity contribution in [2.75, 3.05) is 6.61 Å². The third kappa shape index (κ3) is 4.02. The molecule has 0 aliphatic heterocycles. The first-order valence-corrected chi connectivity index (χ1v) is 7.99. The molecule has 6 N–H and O–H groups in total. The summed E-state index contributed by atoms with van der Waals surface area (Å²) in [5.74, 6) is 0. The molecule has 0 radical (unpaired) electrons. The van der Waals surface area contributed by atoms with Crippen molar-refractivity contribution in [2.45, 2.75) is 41.7 Å². The molecule has 1 unspecified atom stereocenters. The average Bonchev–Trinajstić information content (AvgIpc) is 2.51. The van der Waals surface area contributed by atoms with Gasteiger partial charge in [-0.2, -0.15) is 0 Å². The molecule has 0 bridgehead atoms. The van der Waals surface area contributed by atoms with Crippen LogP contribution in [0.2, 0.25) is 0 Å². The molecule has 0 amide bonds. The van der Waals surface area contributed by atoms with Gasteiger partial charge in [-0.15, -0.1) is 0 Å². The molecule has 1 aromatic rings. The van der Waals surface area contributed by atoms with Crippen molar-refractivity contribution < 1.29 is 39.1 Å². The monoisotopic (exact) mass is 336 g/mol. The Balaban J connectivity index is 2.98. The van der Waals surface area contributed by atoms with Crippen LogP contribution in [0.1, 0.15) is 5.56 Å². The fourth-order valence-electron chi connectivity index (χ4n) is 1.76. The van der Waals surface area contributed by atoms with E-state index in [2.05, 4.69) is 0 Å². The standard InChI is InChI=1S/C13H20O8S/c1-7-2-4-8(5-3-7)22(20,21)13(19)12(18)11(17)10(16)9(15)6-14/h2-5,9-19H,6H2,1H3/t9-,10-,11+,12+,13?/m1/s1. The summed E-state index contributed by atoms with van der Waals surface area (Å²) in [7, 11) is -4.38. The summed E-state index contributed by atoms with van der Waals surface area (Å²) in [5.41, 5.74) is -1.62. The van der Waals surface area contributed by atoms with Crippen molar-refractivity contribution in [1.82, 2.24) is 0 Å². The summed E-state index contributed by atoms with van der Waals surface area (Å²) in [4.78, 5) is -0.269. The van der Waals surface area contributed by atoms with Crippen LogP contribution in [0.15, 0.2) is 29.2 Å². The molecule has 5 atom stereocenters. The topological polar surface area (TPSA) is 156 Å².